The molecule has 8 nitrogen and oxygen atoms in total. The summed E-state index contributed by atoms with van der Waals surface area (Å²) in [5.74, 6) is -2.01. The Bertz CT molecular complexity index is 999. The van der Waals surface area contributed by atoms with Crippen LogP contribution < -0.4 is 9.47 Å². The lowest BCUT2D eigenvalue weighted by Crippen LogP contribution is -2.09. The van der Waals surface area contributed by atoms with E-state index in [4.69, 9.17) is 18.9 Å². The Morgan fingerprint density at radius 1 is 0.525 bits per heavy atom. The Balaban J connectivity index is 1.71. The largest absolute Gasteiger partial charge is 0.462 e. The van der Waals surface area contributed by atoms with Gasteiger partial charge in [0, 0.05) is 12.2 Å². The van der Waals surface area contributed by atoms with Crippen molar-refractivity contribution in [2.75, 3.05) is 13.2 Å². The highest BCUT2D eigenvalue weighted by Crippen LogP contribution is 2.15. The summed E-state index contributed by atoms with van der Waals surface area (Å²) in [7, 11) is 0. The van der Waals surface area contributed by atoms with E-state index in [0.29, 0.717) is 24.3 Å². The summed E-state index contributed by atoms with van der Waals surface area (Å²) in [5.41, 5.74) is 0.711. The smallest absolute Gasteiger partial charge is 0.338 e. The van der Waals surface area contributed by atoms with Crippen molar-refractivity contribution in [1.29, 1.82) is 0 Å². The van der Waals surface area contributed by atoms with Gasteiger partial charge in [-0.25, -0.2) is 19.2 Å². The van der Waals surface area contributed by atoms with Crippen LogP contribution >= 0.6 is 0 Å². The van der Waals surface area contributed by atoms with Crippen molar-refractivity contribution in [3.05, 3.63) is 71.8 Å². The van der Waals surface area contributed by atoms with Crippen molar-refractivity contribution in [3.8, 4) is 11.5 Å². The maximum absolute atomic E-state index is 12.1. The zero-order chi connectivity index (χ0) is 29.0. The van der Waals surface area contributed by atoms with Crippen LogP contribution in [-0.4, -0.2) is 37.1 Å². The lowest BCUT2D eigenvalue weighted by Gasteiger charge is -2.06. The van der Waals surface area contributed by atoms with Gasteiger partial charge in [0.15, 0.2) is 0 Å². The summed E-state index contributed by atoms with van der Waals surface area (Å²) < 4.78 is 20.8. The normalized spacial score (nSPS) is 10.8. The highest BCUT2D eigenvalue weighted by molar-refractivity contribution is 5.94. The van der Waals surface area contributed by atoms with Crippen LogP contribution in [0.1, 0.15) is 98.8 Å². The van der Waals surface area contributed by atoms with Gasteiger partial charge in [-0.1, -0.05) is 65.2 Å². The van der Waals surface area contributed by atoms with Gasteiger partial charge in [0.1, 0.15) is 11.5 Å². The first-order chi connectivity index (χ1) is 19.4. The van der Waals surface area contributed by atoms with E-state index in [-0.39, 0.29) is 11.5 Å². The van der Waals surface area contributed by atoms with Gasteiger partial charge >= 0.3 is 23.9 Å². The minimum absolute atomic E-state index is 0.211. The lowest BCUT2D eigenvalue weighted by molar-refractivity contribution is -0.131. The molecule has 40 heavy (non-hydrogen) atoms. The summed E-state index contributed by atoms with van der Waals surface area (Å²) in [4.78, 5) is 48.3. The first kappa shape index (κ1) is 32.3. The van der Waals surface area contributed by atoms with Crippen LogP contribution in [0.25, 0.3) is 0 Å². The molecule has 0 aliphatic rings. The Morgan fingerprint density at radius 3 is 1.23 bits per heavy atom. The number of unbranched alkanes of at least 4 members (excludes halogenated alkanes) is 8. The Morgan fingerprint density at radius 2 is 0.875 bits per heavy atom. The second-order valence-electron chi connectivity index (χ2n) is 9.32. The van der Waals surface area contributed by atoms with Crippen LogP contribution in [0.4, 0.5) is 0 Å². The molecule has 2 aromatic rings. The van der Waals surface area contributed by atoms with Crippen LogP contribution in [0.3, 0.4) is 0 Å². The second kappa shape index (κ2) is 19.2. The molecule has 0 saturated carbocycles. The number of ether oxygens (including phenoxy) is 4. The van der Waals surface area contributed by atoms with Gasteiger partial charge in [-0.05, 0) is 61.4 Å². The maximum Gasteiger partial charge on any atom is 0.338 e. The van der Waals surface area contributed by atoms with E-state index in [1.54, 1.807) is 0 Å². The van der Waals surface area contributed by atoms with Gasteiger partial charge in [0.25, 0.3) is 0 Å². The zero-order valence-electron chi connectivity index (χ0n) is 23.5. The average Bonchev–Trinajstić information content (AvgIpc) is 2.96. The maximum atomic E-state index is 12.1. The van der Waals surface area contributed by atoms with Crippen molar-refractivity contribution in [2.24, 2.45) is 0 Å². The number of carbonyl (C=O) groups is 4. The zero-order valence-corrected chi connectivity index (χ0v) is 23.5. The number of hydrogen-bond donors (Lipinski definition) is 0. The first-order valence-corrected chi connectivity index (χ1v) is 14.1. The minimum Gasteiger partial charge on any atom is -0.462 e. The fourth-order valence-corrected chi connectivity index (χ4v) is 3.66. The van der Waals surface area contributed by atoms with Crippen LogP contribution in [0.15, 0.2) is 60.7 Å². The summed E-state index contributed by atoms with van der Waals surface area (Å²) in [6, 6.07) is 11.9. The molecule has 2 aromatic carbocycles. The predicted octanol–water partition coefficient (Wildman–Crippen LogP) is 7.01. The Kier molecular flexibility index (Phi) is 15.5. The number of carbonyl (C=O) groups excluding carboxylic acids is 4. The molecule has 0 saturated heterocycles. The predicted molar refractivity (Wildman–Crippen MR) is 151 cm³/mol. The van der Waals surface area contributed by atoms with E-state index in [9.17, 15) is 19.2 Å². The van der Waals surface area contributed by atoms with Crippen molar-refractivity contribution in [3.63, 3.8) is 0 Å². The van der Waals surface area contributed by atoms with E-state index in [1.807, 2.05) is 0 Å². The molecule has 0 unspecified atom stereocenters. The summed E-state index contributed by atoms with van der Waals surface area (Å²) in [5, 5.41) is 0. The molecule has 216 valence electrons. The third kappa shape index (κ3) is 13.2. The second-order valence-corrected chi connectivity index (χ2v) is 9.32. The summed E-state index contributed by atoms with van der Waals surface area (Å²) in [6.45, 7) is 5.03. The third-order valence-electron chi connectivity index (χ3n) is 5.93. The molecule has 0 amide bonds. The van der Waals surface area contributed by atoms with Crippen LogP contribution in [-0.2, 0) is 19.1 Å². The van der Waals surface area contributed by atoms with Crippen molar-refractivity contribution >= 4 is 23.9 Å². The van der Waals surface area contributed by atoms with Gasteiger partial charge in [-0.3, -0.25) is 0 Å². The van der Waals surface area contributed by atoms with Crippen LogP contribution in [0.2, 0.25) is 0 Å². The molecule has 0 aliphatic heterocycles. The average molecular weight is 553 g/mol. The third-order valence-corrected chi connectivity index (χ3v) is 5.93. The van der Waals surface area contributed by atoms with Crippen LogP contribution in [0, 0.1) is 0 Å². The number of benzene rings is 2. The molecule has 0 spiro atoms. The van der Waals surface area contributed by atoms with Gasteiger partial charge in [0.05, 0.1) is 24.3 Å². The quantitative estimate of drug-likeness (QED) is 0.0842. The number of esters is 4. The lowest BCUT2D eigenvalue weighted by atomic mass is 10.2. The molecule has 0 radical (unpaired) electrons. The van der Waals surface area contributed by atoms with E-state index in [0.717, 1.165) is 63.5 Å². The number of rotatable bonds is 18. The molecule has 0 N–H and O–H groups in total. The molecule has 0 aromatic heterocycles. The molecular formula is C32H40O8. The molecule has 8 heteroatoms. The summed E-state index contributed by atoms with van der Waals surface area (Å²) in [6.07, 6.45) is 12.5. The molecule has 0 fully saturated rings. The molecule has 0 heterocycles. The SMILES string of the molecule is CCCCCCCOC(=O)c1ccc(OC(=O)C=CC(=O)Oc2ccc(C(=O)OCCCCCCC)cc2)cc1. The Labute approximate surface area is 236 Å². The summed E-state index contributed by atoms with van der Waals surface area (Å²) >= 11 is 0. The molecular weight excluding hydrogens is 512 g/mol. The standard InChI is InChI=1S/C32H40O8/c1-3-5-7-9-11-23-37-31(35)25-13-17-27(18-14-25)39-29(33)21-22-30(34)40-28-19-15-26(16-20-28)32(36)38-24-12-10-8-6-4-2/h13-22H,3-12,23-24H2,1-2H3. The Hall–Kier alpha value is -3.94. The van der Waals surface area contributed by atoms with E-state index in [2.05, 4.69) is 13.8 Å². The van der Waals surface area contributed by atoms with Gasteiger partial charge in [-0.2, -0.15) is 0 Å². The fourth-order valence-electron chi connectivity index (χ4n) is 3.66. The van der Waals surface area contributed by atoms with Gasteiger partial charge in [-0.15, -0.1) is 0 Å². The first-order valence-electron chi connectivity index (χ1n) is 14.1. The van der Waals surface area contributed by atoms with E-state index < -0.39 is 23.9 Å². The van der Waals surface area contributed by atoms with Gasteiger partial charge in [0.2, 0.25) is 0 Å². The van der Waals surface area contributed by atoms with Crippen LogP contribution in [0.5, 0.6) is 11.5 Å². The fraction of sp³-hybridized carbons (Fsp3) is 0.438. The van der Waals surface area contributed by atoms with Crippen molar-refractivity contribution < 1.29 is 38.1 Å². The van der Waals surface area contributed by atoms with Gasteiger partial charge < -0.3 is 18.9 Å². The van der Waals surface area contributed by atoms with E-state index >= 15 is 0 Å². The monoisotopic (exact) mass is 552 g/mol. The van der Waals surface area contributed by atoms with Crippen molar-refractivity contribution in [2.45, 2.75) is 78.1 Å². The van der Waals surface area contributed by atoms with Crippen molar-refractivity contribution in [1.82, 2.24) is 0 Å². The molecule has 0 aliphatic carbocycles. The molecule has 2 rings (SSSR count). The number of hydrogen-bond acceptors (Lipinski definition) is 8. The highest BCUT2D eigenvalue weighted by atomic mass is 16.5. The van der Waals surface area contributed by atoms with E-state index in [1.165, 1.54) is 61.4 Å². The topological polar surface area (TPSA) is 105 Å². The molecule has 0 atom stereocenters. The molecule has 0 bridgehead atoms. The minimum atomic E-state index is -0.785. The highest BCUT2D eigenvalue weighted by Gasteiger charge is 2.10.